The summed E-state index contributed by atoms with van der Waals surface area (Å²) in [5, 5.41) is 15.8. The molecule has 3 aromatic heterocycles. The fourth-order valence-electron chi connectivity index (χ4n) is 4.38. The molecule has 2 aliphatic heterocycles. The van der Waals surface area contributed by atoms with Gasteiger partial charge in [-0.15, -0.1) is 11.3 Å². The molecule has 1 amide bonds. The fraction of sp³-hybridized carbons (Fsp3) is 0.364. The van der Waals surface area contributed by atoms with Crippen LogP contribution in [0, 0.1) is 13.8 Å². The number of nitrogen functional groups attached to an aromatic ring is 1. The number of aromatic nitrogens is 4. The third-order valence-corrected chi connectivity index (χ3v) is 8.02. The number of hydrogen-bond donors (Lipinski definition) is 4. The molecule has 2 atom stereocenters. The Hall–Kier alpha value is -3.49. The fourth-order valence-corrected chi connectivity index (χ4v) is 6.33. The number of carboxylic acid groups (broad SMARTS) is 1. The number of ether oxygens (including phenoxy) is 1. The number of aryl methyl sites for hydroxylation is 1. The lowest BCUT2D eigenvalue weighted by molar-refractivity contribution is -0.136. The van der Waals surface area contributed by atoms with Gasteiger partial charge in [-0.05, 0) is 20.3 Å². The molecule has 0 aliphatic carbocycles. The second kappa shape index (κ2) is 9.52. The highest BCUT2D eigenvalue weighted by Crippen LogP contribution is 2.47. The minimum atomic E-state index is -0.975. The molecular formula is C22H24N8O4S2. The van der Waals surface area contributed by atoms with E-state index in [1.807, 2.05) is 18.9 Å². The Balaban J connectivity index is 1.35. The summed E-state index contributed by atoms with van der Waals surface area (Å²) in [6.07, 6.45) is 2.08. The normalized spacial score (nSPS) is 18.1. The van der Waals surface area contributed by atoms with Gasteiger partial charge in [0.15, 0.2) is 10.9 Å². The summed E-state index contributed by atoms with van der Waals surface area (Å²) in [5.74, 6) is 0.379. The van der Waals surface area contributed by atoms with Crippen LogP contribution in [0.15, 0.2) is 16.6 Å². The van der Waals surface area contributed by atoms with Gasteiger partial charge in [0.05, 0.1) is 42.8 Å². The highest BCUT2D eigenvalue weighted by molar-refractivity contribution is 8.00. The van der Waals surface area contributed by atoms with Crippen molar-refractivity contribution in [3.63, 3.8) is 0 Å². The highest BCUT2D eigenvalue weighted by atomic mass is 32.2. The van der Waals surface area contributed by atoms with E-state index in [9.17, 15) is 9.59 Å². The van der Waals surface area contributed by atoms with Gasteiger partial charge in [0.1, 0.15) is 10.8 Å². The summed E-state index contributed by atoms with van der Waals surface area (Å²) in [6, 6.07) is -0.181. The zero-order valence-corrected chi connectivity index (χ0v) is 21.4. The highest BCUT2D eigenvalue weighted by Gasteiger charge is 2.42. The number of carbonyl (C=O) groups excluding carboxylic acids is 1. The Labute approximate surface area is 214 Å². The maximum Gasteiger partial charge on any atom is 0.309 e. The zero-order chi connectivity index (χ0) is 25.6. The van der Waals surface area contributed by atoms with Gasteiger partial charge < -0.3 is 20.9 Å². The third kappa shape index (κ3) is 4.54. The van der Waals surface area contributed by atoms with Crippen molar-refractivity contribution in [3.05, 3.63) is 39.7 Å². The first-order valence-corrected chi connectivity index (χ1v) is 12.8. The molecule has 0 bridgehead atoms. The molecule has 14 heteroatoms. The Morgan fingerprint density at radius 1 is 1.33 bits per heavy atom. The molecule has 2 aliphatic rings. The number of nitrogens with two attached hydrogens (primary N) is 1. The standard InChI is InChI=1S/C22H24N8O4S2/c1-9-6-24-13(10(2)17(9)34-3)7-30-18-16-12(29-30)5-14(36-20(16)28-21(23)26-18)19(33)27-22-25-11(8-35-22)4-15(31)32/h6,8,12,14,29H,4-5,7H2,1-3H3,(H,31,32)(H2,23,26,28)(H,25,27,33). The van der Waals surface area contributed by atoms with Crippen LogP contribution in [-0.4, -0.2) is 49.3 Å². The topological polar surface area (TPSA) is 168 Å². The first-order valence-electron chi connectivity index (χ1n) is 11.1. The number of nitrogens with one attached hydrogen (secondary N) is 2. The number of nitrogens with zero attached hydrogens (tertiary/aromatic N) is 5. The number of pyridine rings is 1. The van der Waals surface area contributed by atoms with Gasteiger partial charge in [-0.25, -0.2) is 15.4 Å². The molecule has 5 N–H and O–H groups in total. The second-order valence-corrected chi connectivity index (χ2v) is 10.5. The number of methoxy groups -OCH3 is 1. The Morgan fingerprint density at radius 3 is 2.89 bits per heavy atom. The van der Waals surface area contributed by atoms with Crippen LogP contribution in [0.3, 0.4) is 0 Å². The van der Waals surface area contributed by atoms with Crippen LogP contribution in [0.25, 0.3) is 0 Å². The van der Waals surface area contributed by atoms with Crippen molar-refractivity contribution in [2.45, 2.75) is 49.6 Å². The quantitative estimate of drug-likeness (QED) is 0.330. The molecule has 0 saturated heterocycles. The first-order chi connectivity index (χ1) is 17.2. The molecule has 0 aromatic carbocycles. The van der Waals surface area contributed by atoms with Gasteiger partial charge in [0, 0.05) is 28.3 Å². The van der Waals surface area contributed by atoms with E-state index in [-0.39, 0.29) is 24.3 Å². The van der Waals surface area contributed by atoms with Crippen molar-refractivity contribution >= 4 is 51.9 Å². The molecule has 188 valence electrons. The van der Waals surface area contributed by atoms with Crippen LogP contribution in [0.5, 0.6) is 5.75 Å². The summed E-state index contributed by atoms with van der Waals surface area (Å²) in [7, 11) is 1.64. The summed E-state index contributed by atoms with van der Waals surface area (Å²) < 4.78 is 5.54. The van der Waals surface area contributed by atoms with Crippen LogP contribution in [0.1, 0.15) is 40.5 Å². The number of carbonyl (C=O) groups is 2. The molecule has 5 heterocycles. The SMILES string of the molecule is COc1c(C)cnc(CN2NC3CC(C(=O)Nc4nc(CC(=O)O)cs4)Sc4nc(N)nc2c43)c1C. The first kappa shape index (κ1) is 24.2. The molecule has 2 unspecified atom stereocenters. The predicted molar refractivity (Wildman–Crippen MR) is 135 cm³/mol. The monoisotopic (exact) mass is 528 g/mol. The predicted octanol–water partition coefficient (Wildman–Crippen LogP) is 2.23. The van der Waals surface area contributed by atoms with E-state index < -0.39 is 11.2 Å². The Morgan fingerprint density at radius 2 is 2.14 bits per heavy atom. The Kier molecular flexibility index (Phi) is 6.40. The second-order valence-electron chi connectivity index (χ2n) is 8.48. The van der Waals surface area contributed by atoms with E-state index in [1.165, 1.54) is 23.1 Å². The van der Waals surface area contributed by atoms with E-state index in [2.05, 4.69) is 30.7 Å². The number of aliphatic carboxylic acids is 1. The van der Waals surface area contributed by atoms with Crippen LogP contribution < -0.4 is 26.2 Å². The van der Waals surface area contributed by atoms with Gasteiger partial charge >= 0.3 is 5.97 Å². The van der Waals surface area contributed by atoms with Crippen molar-refractivity contribution in [2.24, 2.45) is 0 Å². The number of rotatable bonds is 7. The Bertz CT molecular complexity index is 1360. The van der Waals surface area contributed by atoms with Crippen LogP contribution in [0.2, 0.25) is 0 Å². The smallest absolute Gasteiger partial charge is 0.309 e. The number of carboxylic acids is 1. The molecule has 0 radical (unpaired) electrons. The van der Waals surface area contributed by atoms with Crippen molar-refractivity contribution in [3.8, 4) is 5.75 Å². The van der Waals surface area contributed by atoms with Crippen molar-refractivity contribution < 1.29 is 19.4 Å². The summed E-state index contributed by atoms with van der Waals surface area (Å²) >= 11 is 2.52. The number of thioether (sulfide) groups is 1. The van der Waals surface area contributed by atoms with Crippen molar-refractivity contribution in [1.29, 1.82) is 0 Å². The third-order valence-electron chi connectivity index (χ3n) is 5.99. The number of amides is 1. The molecule has 0 fully saturated rings. The average molecular weight is 529 g/mol. The average Bonchev–Trinajstić information content (AvgIpc) is 3.39. The molecule has 0 saturated carbocycles. The lowest BCUT2D eigenvalue weighted by Gasteiger charge is -2.26. The minimum Gasteiger partial charge on any atom is -0.496 e. The lowest BCUT2D eigenvalue weighted by atomic mass is 10.0. The van der Waals surface area contributed by atoms with Crippen LogP contribution in [-0.2, 0) is 22.6 Å². The van der Waals surface area contributed by atoms with Crippen LogP contribution in [0.4, 0.5) is 16.9 Å². The van der Waals surface area contributed by atoms with E-state index in [1.54, 1.807) is 18.7 Å². The van der Waals surface area contributed by atoms with Crippen molar-refractivity contribution in [2.75, 3.05) is 23.2 Å². The van der Waals surface area contributed by atoms with Crippen LogP contribution >= 0.6 is 23.1 Å². The molecule has 0 spiro atoms. The lowest BCUT2D eigenvalue weighted by Crippen LogP contribution is -2.38. The minimum absolute atomic E-state index is 0.120. The number of hydrazine groups is 1. The summed E-state index contributed by atoms with van der Waals surface area (Å²) in [4.78, 5) is 41.6. The van der Waals surface area contributed by atoms with Gasteiger partial charge in [0.25, 0.3) is 0 Å². The molecular weight excluding hydrogens is 504 g/mol. The van der Waals surface area contributed by atoms with E-state index >= 15 is 0 Å². The van der Waals surface area contributed by atoms with Gasteiger partial charge in [-0.3, -0.25) is 19.6 Å². The molecule has 12 nitrogen and oxygen atoms in total. The van der Waals surface area contributed by atoms with E-state index in [0.29, 0.717) is 34.6 Å². The molecule has 5 rings (SSSR count). The number of hydrogen-bond acceptors (Lipinski definition) is 12. The largest absolute Gasteiger partial charge is 0.496 e. The maximum atomic E-state index is 13.1. The molecule has 3 aromatic rings. The zero-order valence-electron chi connectivity index (χ0n) is 19.7. The van der Waals surface area contributed by atoms with Crippen molar-refractivity contribution in [1.82, 2.24) is 25.4 Å². The number of anilines is 3. The molecule has 36 heavy (non-hydrogen) atoms. The summed E-state index contributed by atoms with van der Waals surface area (Å²) in [5.41, 5.74) is 13.5. The maximum absolute atomic E-state index is 13.1. The number of thiazole rings is 1. The van der Waals surface area contributed by atoms with Gasteiger partial charge in [-0.1, -0.05) is 11.8 Å². The van der Waals surface area contributed by atoms with E-state index in [4.69, 9.17) is 15.6 Å². The van der Waals surface area contributed by atoms with Gasteiger partial charge in [0.2, 0.25) is 11.9 Å². The van der Waals surface area contributed by atoms with Gasteiger partial charge in [-0.2, -0.15) is 4.98 Å². The summed E-state index contributed by atoms with van der Waals surface area (Å²) in [6.45, 7) is 4.35. The van der Waals surface area contributed by atoms with E-state index in [0.717, 1.165) is 28.1 Å².